The molecule has 3 aromatic rings. The van der Waals surface area contributed by atoms with Gasteiger partial charge in [0.25, 0.3) is 5.56 Å². The number of nitrogens with zero attached hydrogens (tertiary/aromatic N) is 4. The number of halogens is 1. The lowest BCUT2D eigenvalue weighted by atomic mass is 9.91. The van der Waals surface area contributed by atoms with Crippen LogP contribution in [0.2, 0.25) is 0 Å². The van der Waals surface area contributed by atoms with Gasteiger partial charge < -0.3 is 14.5 Å². The Hall–Kier alpha value is -3.07. The minimum absolute atomic E-state index is 0.0281. The van der Waals surface area contributed by atoms with Crippen LogP contribution in [0.1, 0.15) is 48.6 Å². The second-order valence-corrected chi connectivity index (χ2v) is 8.38. The molecule has 0 bridgehead atoms. The number of aryl methyl sites for hydroxylation is 2. The highest BCUT2D eigenvalue weighted by atomic mass is 19.1. The van der Waals surface area contributed by atoms with E-state index in [1.807, 2.05) is 6.92 Å². The lowest BCUT2D eigenvalue weighted by molar-refractivity contribution is -0.137. The summed E-state index contributed by atoms with van der Waals surface area (Å²) in [4.78, 5) is 30.2. The summed E-state index contributed by atoms with van der Waals surface area (Å²) >= 11 is 0. The standard InChI is InChI=1S/C23H27FN4O4/c1-15-18(23(31)28(14-25-15)9-2-3-21(29)30)8-12-27-10-6-16(7-11-27)22-19-5-4-17(24)13-20(19)32-26-22/h4-5,13-14,16H,2-3,6-12H2,1H3,(H,29,30). The molecule has 2 aromatic heterocycles. The molecule has 32 heavy (non-hydrogen) atoms. The first-order chi connectivity index (χ1) is 15.4. The number of fused-ring (bicyclic) bond motifs is 1. The lowest BCUT2D eigenvalue weighted by Crippen LogP contribution is -2.36. The Balaban J connectivity index is 1.35. The van der Waals surface area contributed by atoms with Crippen molar-refractivity contribution < 1.29 is 18.8 Å². The molecule has 170 valence electrons. The van der Waals surface area contributed by atoms with E-state index in [1.165, 1.54) is 23.0 Å². The third kappa shape index (κ3) is 4.88. The molecule has 0 amide bonds. The molecule has 1 saturated heterocycles. The largest absolute Gasteiger partial charge is 0.481 e. The van der Waals surface area contributed by atoms with Gasteiger partial charge in [0.1, 0.15) is 5.82 Å². The SMILES string of the molecule is Cc1ncn(CCCC(=O)O)c(=O)c1CCN1CCC(c2noc3cc(F)ccc23)CC1. The maximum Gasteiger partial charge on any atom is 0.303 e. The molecular formula is C23H27FN4O4. The van der Waals surface area contributed by atoms with E-state index in [0.717, 1.165) is 49.2 Å². The van der Waals surface area contributed by atoms with Gasteiger partial charge in [0.15, 0.2) is 5.58 Å². The summed E-state index contributed by atoms with van der Waals surface area (Å²) in [6.07, 6.45) is 4.38. The van der Waals surface area contributed by atoms with Crippen LogP contribution in [0.15, 0.2) is 33.8 Å². The number of hydrogen-bond donors (Lipinski definition) is 1. The number of carbonyl (C=O) groups is 1. The zero-order valence-corrected chi connectivity index (χ0v) is 18.1. The van der Waals surface area contributed by atoms with Crippen molar-refractivity contribution >= 4 is 16.9 Å². The average molecular weight is 442 g/mol. The molecule has 0 atom stereocenters. The Morgan fingerprint density at radius 2 is 2.06 bits per heavy atom. The second-order valence-electron chi connectivity index (χ2n) is 8.38. The second kappa shape index (κ2) is 9.60. The first-order valence-corrected chi connectivity index (χ1v) is 11.0. The van der Waals surface area contributed by atoms with Crippen molar-refractivity contribution in [3.8, 4) is 0 Å². The molecule has 3 heterocycles. The zero-order valence-electron chi connectivity index (χ0n) is 18.1. The maximum absolute atomic E-state index is 13.4. The summed E-state index contributed by atoms with van der Waals surface area (Å²) in [6, 6.07) is 4.53. The van der Waals surface area contributed by atoms with E-state index in [0.29, 0.717) is 30.5 Å². The van der Waals surface area contributed by atoms with Gasteiger partial charge in [-0.1, -0.05) is 5.16 Å². The van der Waals surface area contributed by atoms with Crippen LogP contribution in [-0.2, 0) is 17.8 Å². The molecule has 0 radical (unpaired) electrons. The summed E-state index contributed by atoms with van der Waals surface area (Å²) in [5, 5.41) is 13.9. The molecular weight excluding hydrogens is 415 g/mol. The van der Waals surface area contributed by atoms with E-state index in [2.05, 4.69) is 15.0 Å². The number of rotatable bonds is 8. The number of aromatic nitrogens is 3. The molecule has 0 unspecified atom stereocenters. The fourth-order valence-corrected chi connectivity index (χ4v) is 4.39. The van der Waals surface area contributed by atoms with E-state index < -0.39 is 5.97 Å². The van der Waals surface area contributed by atoms with E-state index >= 15 is 0 Å². The highest BCUT2D eigenvalue weighted by Crippen LogP contribution is 2.32. The molecule has 0 aliphatic carbocycles. The van der Waals surface area contributed by atoms with Crippen molar-refractivity contribution in [1.82, 2.24) is 19.6 Å². The van der Waals surface area contributed by atoms with Crippen molar-refractivity contribution in [2.24, 2.45) is 0 Å². The number of aliphatic carboxylic acids is 1. The minimum Gasteiger partial charge on any atom is -0.481 e. The van der Waals surface area contributed by atoms with Crippen molar-refractivity contribution in [3.63, 3.8) is 0 Å². The zero-order chi connectivity index (χ0) is 22.7. The van der Waals surface area contributed by atoms with Crippen LogP contribution in [-0.4, -0.2) is 50.3 Å². The summed E-state index contributed by atoms with van der Waals surface area (Å²) in [7, 11) is 0. The number of hydrogen-bond acceptors (Lipinski definition) is 6. The Labute approximate surface area is 184 Å². The minimum atomic E-state index is -0.868. The summed E-state index contributed by atoms with van der Waals surface area (Å²) in [5.74, 6) is -0.932. The average Bonchev–Trinajstić information content (AvgIpc) is 3.18. The van der Waals surface area contributed by atoms with Gasteiger partial charge >= 0.3 is 5.97 Å². The van der Waals surface area contributed by atoms with Crippen LogP contribution in [0.25, 0.3) is 11.0 Å². The molecule has 1 N–H and O–H groups in total. The van der Waals surface area contributed by atoms with Gasteiger partial charge in [-0.25, -0.2) is 9.37 Å². The number of benzene rings is 1. The van der Waals surface area contributed by atoms with Crippen LogP contribution < -0.4 is 5.56 Å². The smallest absolute Gasteiger partial charge is 0.303 e. The van der Waals surface area contributed by atoms with Gasteiger partial charge in [0, 0.05) is 48.1 Å². The van der Waals surface area contributed by atoms with Gasteiger partial charge in [-0.2, -0.15) is 0 Å². The molecule has 1 aliphatic rings. The summed E-state index contributed by atoms with van der Waals surface area (Å²) < 4.78 is 20.2. The third-order valence-corrected chi connectivity index (χ3v) is 6.25. The molecule has 1 fully saturated rings. The van der Waals surface area contributed by atoms with Crippen LogP contribution in [0.5, 0.6) is 0 Å². The van der Waals surface area contributed by atoms with E-state index in [4.69, 9.17) is 9.63 Å². The molecule has 9 heteroatoms. The number of carboxylic acid groups (broad SMARTS) is 1. The van der Waals surface area contributed by atoms with Gasteiger partial charge in [-0.15, -0.1) is 0 Å². The van der Waals surface area contributed by atoms with Crippen LogP contribution in [0.3, 0.4) is 0 Å². The van der Waals surface area contributed by atoms with Gasteiger partial charge in [0.2, 0.25) is 0 Å². The number of carboxylic acids is 1. The molecule has 0 spiro atoms. The molecule has 1 aromatic carbocycles. The first kappa shape index (κ1) is 22.1. The molecule has 0 saturated carbocycles. The van der Waals surface area contributed by atoms with Crippen molar-refractivity contribution in [2.75, 3.05) is 19.6 Å². The van der Waals surface area contributed by atoms with Gasteiger partial charge in [-0.3, -0.25) is 14.2 Å². The summed E-state index contributed by atoms with van der Waals surface area (Å²) in [5.41, 5.74) is 2.70. The quantitative estimate of drug-likeness (QED) is 0.572. The lowest BCUT2D eigenvalue weighted by Gasteiger charge is -2.31. The third-order valence-electron chi connectivity index (χ3n) is 6.25. The Morgan fingerprint density at radius 1 is 1.28 bits per heavy atom. The Kier molecular flexibility index (Phi) is 6.64. The molecule has 8 nitrogen and oxygen atoms in total. The Morgan fingerprint density at radius 3 is 2.81 bits per heavy atom. The predicted octanol–water partition coefficient (Wildman–Crippen LogP) is 3.12. The van der Waals surface area contributed by atoms with Crippen LogP contribution in [0.4, 0.5) is 4.39 Å². The van der Waals surface area contributed by atoms with E-state index in [-0.39, 0.29) is 23.7 Å². The normalized spacial score (nSPS) is 15.4. The highest BCUT2D eigenvalue weighted by Gasteiger charge is 2.25. The highest BCUT2D eigenvalue weighted by molar-refractivity contribution is 5.79. The van der Waals surface area contributed by atoms with Crippen molar-refractivity contribution in [1.29, 1.82) is 0 Å². The van der Waals surface area contributed by atoms with Gasteiger partial charge in [-0.05, 0) is 57.8 Å². The summed E-state index contributed by atoms with van der Waals surface area (Å²) in [6.45, 7) is 4.71. The first-order valence-electron chi connectivity index (χ1n) is 11.0. The van der Waals surface area contributed by atoms with E-state index in [9.17, 15) is 14.0 Å². The predicted molar refractivity (Wildman–Crippen MR) is 116 cm³/mol. The van der Waals surface area contributed by atoms with Crippen molar-refractivity contribution in [3.05, 3.63) is 57.6 Å². The van der Waals surface area contributed by atoms with Crippen molar-refractivity contribution in [2.45, 2.75) is 51.5 Å². The molecule has 1 aliphatic heterocycles. The topological polar surface area (TPSA) is 101 Å². The van der Waals surface area contributed by atoms with Crippen LogP contribution >= 0.6 is 0 Å². The Bertz CT molecular complexity index is 1160. The van der Waals surface area contributed by atoms with Crippen LogP contribution in [0, 0.1) is 12.7 Å². The van der Waals surface area contributed by atoms with E-state index in [1.54, 1.807) is 6.07 Å². The fourth-order valence-electron chi connectivity index (χ4n) is 4.39. The number of piperidine rings is 1. The number of likely N-dealkylation sites (tertiary alicyclic amines) is 1. The monoisotopic (exact) mass is 442 g/mol. The van der Waals surface area contributed by atoms with Gasteiger partial charge in [0.05, 0.1) is 12.0 Å². The fraction of sp³-hybridized carbons (Fsp3) is 0.478. The molecule has 4 rings (SSSR count). The maximum atomic E-state index is 13.4.